The van der Waals surface area contributed by atoms with E-state index in [1.165, 1.54) is 0 Å². The number of hydrogen-bond acceptors (Lipinski definition) is 2. The molecule has 3 heteroatoms. The van der Waals surface area contributed by atoms with E-state index in [0.29, 0.717) is 13.1 Å². The molecule has 2 N–H and O–H groups in total. The Morgan fingerprint density at radius 3 is 2.65 bits per heavy atom. The van der Waals surface area contributed by atoms with E-state index in [-0.39, 0.29) is 11.9 Å². The normalized spacial score (nSPS) is 9.59. The second-order valence-electron chi connectivity index (χ2n) is 3.99. The molecular formula is C14H18N2O. The highest BCUT2D eigenvalue weighted by molar-refractivity contribution is 5.78. The number of carbonyl (C=O) groups excluding carboxylic acids is 1. The lowest BCUT2D eigenvalue weighted by molar-refractivity contribution is -0.120. The number of carbonyl (C=O) groups is 1. The second kappa shape index (κ2) is 7.48. The van der Waals surface area contributed by atoms with Crippen LogP contribution in [-0.2, 0) is 4.79 Å². The Morgan fingerprint density at radius 1 is 1.29 bits per heavy atom. The van der Waals surface area contributed by atoms with Crippen molar-refractivity contribution in [1.29, 1.82) is 0 Å². The van der Waals surface area contributed by atoms with Crippen LogP contribution >= 0.6 is 0 Å². The van der Waals surface area contributed by atoms with Crippen molar-refractivity contribution in [2.75, 3.05) is 13.1 Å². The average molecular weight is 230 g/mol. The van der Waals surface area contributed by atoms with Gasteiger partial charge in [0.25, 0.3) is 0 Å². The van der Waals surface area contributed by atoms with Crippen LogP contribution in [-0.4, -0.2) is 25.0 Å². The van der Waals surface area contributed by atoms with Crippen LogP contribution in [0.3, 0.4) is 0 Å². The van der Waals surface area contributed by atoms with Crippen molar-refractivity contribution >= 4 is 5.91 Å². The minimum atomic E-state index is 0.00140. The van der Waals surface area contributed by atoms with Crippen LogP contribution in [0.5, 0.6) is 0 Å². The van der Waals surface area contributed by atoms with Crippen molar-refractivity contribution in [3.63, 3.8) is 0 Å². The maximum Gasteiger partial charge on any atom is 0.234 e. The fraction of sp³-hybridized carbons (Fsp3) is 0.357. The molecule has 0 heterocycles. The van der Waals surface area contributed by atoms with Crippen LogP contribution in [0.15, 0.2) is 30.3 Å². The van der Waals surface area contributed by atoms with Crippen molar-refractivity contribution < 1.29 is 4.79 Å². The van der Waals surface area contributed by atoms with Crippen molar-refractivity contribution in [2.24, 2.45) is 0 Å². The van der Waals surface area contributed by atoms with Gasteiger partial charge in [-0.2, -0.15) is 0 Å². The number of benzene rings is 1. The number of nitrogens with one attached hydrogen (secondary N) is 2. The molecule has 0 aliphatic heterocycles. The van der Waals surface area contributed by atoms with E-state index in [2.05, 4.69) is 22.5 Å². The zero-order valence-electron chi connectivity index (χ0n) is 10.3. The molecule has 1 rings (SSSR count). The predicted molar refractivity (Wildman–Crippen MR) is 69.5 cm³/mol. The molecule has 0 unspecified atom stereocenters. The van der Waals surface area contributed by atoms with E-state index < -0.39 is 0 Å². The summed E-state index contributed by atoms with van der Waals surface area (Å²) in [6.45, 7) is 4.70. The zero-order valence-corrected chi connectivity index (χ0v) is 10.3. The molecule has 0 bridgehead atoms. The van der Waals surface area contributed by atoms with Crippen LogP contribution in [0.1, 0.15) is 19.4 Å². The van der Waals surface area contributed by atoms with Crippen molar-refractivity contribution in [2.45, 2.75) is 19.9 Å². The first-order valence-corrected chi connectivity index (χ1v) is 5.72. The summed E-state index contributed by atoms with van der Waals surface area (Å²) in [5.74, 6) is 5.99. The van der Waals surface area contributed by atoms with E-state index in [0.717, 1.165) is 5.56 Å². The lowest BCUT2D eigenvalue weighted by Crippen LogP contribution is -2.37. The highest BCUT2D eigenvalue weighted by atomic mass is 16.1. The zero-order chi connectivity index (χ0) is 12.5. The topological polar surface area (TPSA) is 41.1 Å². The number of hydrogen-bond donors (Lipinski definition) is 2. The number of rotatable bonds is 4. The van der Waals surface area contributed by atoms with Gasteiger partial charge in [-0.3, -0.25) is 10.1 Å². The first kappa shape index (κ1) is 13.3. The molecule has 0 radical (unpaired) electrons. The van der Waals surface area contributed by atoms with Crippen LogP contribution < -0.4 is 10.6 Å². The molecule has 3 nitrogen and oxygen atoms in total. The molecule has 90 valence electrons. The molecule has 0 fully saturated rings. The Kier molecular flexibility index (Phi) is 5.84. The Bertz CT molecular complexity index is 401. The van der Waals surface area contributed by atoms with E-state index in [4.69, 9.17) is 0 Å². The summed E-state index contributed by atoms with van der Waals surface area (Å²) in [4.78, 5) is 11.3. The van der Waals surface area contributed by atoms with E-state index in [1.54, 1.807) is 0 Å². The predicted octanol–water partition coefficient (Wildman–Crippen LogP) is 1.15. The van der Waals surface area contributed by atoms with Gasteiger partial charge in [-0.15, -0.1) is 0 Å². The van der Waals surface area contributed by atoms with Crippen LogP contribution in [0.4, 0.5) is 0 Å². The quantitative estimate of drug-likeness (QED) is 0.602. The first-order valence-electron chi connectivity index (χ1n) is 5.72. The SMILES string of the molecule is CC(C)NC(=O)CNCC#Cc1ccccc1. The van der Waals surface area contributed by atoms with Gasteiger partial charge in [-0.25, -0.2) is 0 Å². The maximum absolute atomic E-state index is 11.3. The molecule has 0 saturated heterocycles. The minimum Gasteiger partial charge on any atom is -0.353 e. The van der Waals surface area contributed by atoms with Gasteiger partial charge in [-0.05, 0) is 26.0 Å². The van der Waals surface area contributed by atoms with Crippen molar-refractivity contribution in [1.82, 2.24) is 10.6 Å². The second-order valence-corrected chi connectivity index (χ2v) is 3.99. The third kappa shape index (κ3) is 6.39. The fourth-order valence-corrected chi connectivity index (χ4v) is 1.28. The molecule has 0 aliphatic rings. The maximum atomic E-state index is 11.3. The van der Waals surface area contributed by atoms with E-state index in [9.17, 15) is 4.79 Å². The molecule has 0 aliphatic carbocycles. The Hall–Kier alpha value is -1.79. The van der Waals surface area contributed by atoms with E-state index >= 15 is 0 Å². The summed E-state index contributed by atoms with van der Waals surface area (Å²) >= 11 is 0. The smallest absolute Gasteiger partial charge is 0.234 e. The fourth-order valence-electron chi connectivity index (χ4n) is 1.28. The molecule has 0 spiro atoms. The highest BCUT2D eigenvalue weighted by Gasteiger charge is 2.00. The summed E-state index contributed by atoms with van der Waals surface area (Å²) in [5.41, 5.74) is 0.987. The van der Waals surface area contributed by atoms with Crippen molar-refractivity contribution in [3.8, 4) is 11.8 Å². The summed E-state index contributed by atoms with van der Waals surface area (Å²) in [5, 5.41) is 5.78. The first-order chi connectivity index (χ1) is 8.18. The van der Waals surface area contributed by atoms with Gasteiger partial charge in [0.05, 0.1) is 13.1 Å². The van der Waals surface area contributed by atoms with Crippen molar-refractivity contribution in [3.05, 3.63) is 35.9 Å². The summed E-state index contributed by atoms with van der Waals surface area (Å²) in [7, 11) is 0. The Balaban J connectivity index is 2.21. The lowest BCUT2D eigenvalue weighted by atomic mass is 10.2. The third-order valence-electron chi connectivity index (χ3n) is 1.96. The largest absolute Gasteiger partial charge is 0.353 e. The molecule has 1 amide bonds. The summed E-state index contributed by atoms with van der Waals surface area (Å²) in [6, 6.07) is 9.96. The van der Waals surface area contributed by atoms with Gasteiger partial charge in [-0.1, -0.05) is 30.0 Å². The average Bonchev–Trinajstić information content (AvgIpc) is 2.29. The van der Waals surface area contributed by atoms with Gasteiger partial charge in [0.2, 0.25) is 5.91 Å². The molecule has 0 saturated carbocycles. The molecule has 17 heavy (non-hydrogen) atoms. The lowest BCUT2D eigenvalue weighted by Gasteiger charge is -2.07. The van der Waals surface area contributed by atoms with Gasteiger partial charge < -0.3 is 5.32 Å². The molecule has 1 aromatic rings. The van der Waals surface area contributed by atoms with Gasteiger partial charge >= 0.3 is 0 Å². The highest BCUT2D eigenvalue weighted by Crippen LogP contribution is 1.93. The van der Waals surface area contributed by atoms with Crippen LogP contribution in [0, 0.1) is 11.8 Å². The Morgan fingerprint density at radius 2 is 2.00 bits per heavy atom. The molecular weight excluding hydrogens is 212 g/mol. The summed E-state index contributed by atoms with van der Waals surface area (Å²) in [6.07, 6.45) is 0. The third-order valence-corrected chi connectivity index (χ3v) is 1.96. The van der Waals surface area contributed by atoms with Gasteiger partial charge in [0.1, 0.15) is 0 Å². The van der Waals surface area contributed by atoms with E-state index in [1.807, 2.05) is 44.2 Å². The van der Waals surface area contributed by atoms with Gasteiger partial charge in [0, 0.05) is 11.6 Å². The van der Waals surface area contributed by atoms with Gasteiger partial charge in [0.15, 0.2) is 0 Å². The molecule has 1 aromatic carbocycles. The monoisotopic (exact) mass is 230 g/mol. The van der Waals surface area contributed by atoms with Crippen LogP contribution in [0.25, 0.3) is 0 Å². The standard InChI is InChI=1S/C14H18N2O/c1-12(2)16-14(17)11-15-10-6-9-13-7-4-3-5-8-13/h3-5,7-8,12,15H,10-11H2,1-2H3,(H,16,17). The number of amides is 1. The Labute approximate surface area is 103 Å². The minimum absolute atomic E-state index is 0.00140. The van der Waals surface area contributed by atoms with Crippen LogP contribution in [0.2, 0.25) is 0 Å². The molecule has 0 atom stereocenters. The summed E-state index contributed by atoms with van der Waals surface area (Å²) < 4.78 is 0. The molecule has 0 aromatic heterocycles.